The fourth-order valence-corrected chi connectivity index (χ4v) is 0.218. The highest BCUT2D eigenvalue weighted by Crippen LogP contribution is 1.61. The summed E-state index contributed by atoms with van der Waals surface area (Å²) in [5, 5.41) is 0. The average molecular weight is 122 g/mol. The molecule has 46 valence electrons. The number of hydrogen-bond acceptors (Lipinski definition) is 2. The summed E-state index contributed by atoms with van der Waals surface area (Å²) in [6.45, 7) is 2.17. The first kappa shape index (κ1) is 7.59. The lowest BCUT2D eigenvalue weighted by atomic mass is 10.5. The Bertz CT molecular complexity index is 184. The molecule has 0 aliphatic rings. The van der Waals surface area contributed by atoms with E-state index in [9.17, 15) is 4.79 Å². The van der Waals surface area contributed by atoms with Crippen LogP contribution in [0.25, 0.3) is 0 Å². The van der Waals surface area contributed by atoms with Crippen molar-refractivity contribution in [3.05, 3.63) is 0 Å². The van der Waals surface area contributed by atoms with E-state index in [2.05, 4.69) is 28.4 Å². The molecule has 0 atom stereocenters. The average Bonchev–Trinajstić information content (AvgIpc) is 1.89. The van der Waals surface area contributed by atoms with Crippen LogP contribution in [0.3, 0.4) is 0 Å². The Balaban J connectivity index is 3.34. The van der Waals surface area contributed by atoms with Crippen LogP contribution in [-0.2, 0) is 9.53 Å². The van der Waals surface area contributed by atoms with E-state index in [0.717, 1.165) is 0 Å². The number of rotatable bonds is 2. The zero-order valence-electron chi connectivity index (χ0n) is 5.10. The quantitative estimate of drug-likeness (QED) is 0.297. The summed E-state index contributed by atoms with van der Waals surface area (Å²) in [4.78, 5) is 9.51. The minimum absolute atomic E-state index is 0.123. The normalized spacial score (nSPS) is 5.44. The van der Waals surface area contributed by atoms with Crippen LogP contribution in [-0.4, -0.2) is 13.1 Å². The van der Waals surface area contributed by atoms with Gasteiger partial charge in [-0.15, -0.1) is 0 Å². The Morgan fingerprint density at radius 3 is 2.89 bits per heavy atom. The molecule has 2 heteroatoms. The van der Waals surface area contributed by atoms with Crippen molar-refractivity contribution in [1.82, 2.24) is 0 Å². The third-order valence-electron chi connectivity index (χ3n) is 0.499. The van der Waals surface area contributed by atoms with Crippen molar-refractivity contribution in [2.45, 2.75) is 6.92 Å². The third-order valence-corrected chi connectivity index (χ3v) is 0.499. The predicted molar refractivity (Wildman–Crippen MR) is 33.2 cm³/mol. The van der Waals surface area contributed by atoms with Crippen LogP contribution < -0.4 is 0 Å². The van der Waals surface area contributed by atoms with E-state index in [1.165, 1.54) is 0 Å². The lowest BCUT2D eigenvalue weighted by molar-refractivity contribution is -0.127. The Morgan fingerprint density at radius 2 is 2.33 bits per heavy atom. The van der Waals surface area contributed by atoms with Crippen LogP contribution in [0.5, 0.6) is 0 Å². The minimum atomic E-state index is 0.123. The maximum Gasteiger partial charge on any atom is 0.294 e. The van der Waals surface area contributed by atoms with Crippen molar-refractivity contribution in [1.29, 1.82) is 0 Å². The van der Waals surface area contributed by atoms with Crippen LogP contribution in [0.4, 0.5) is 0 Å². The van der Waals surface area contributed by atoms with Crippen molar-refractivity contribution >= 4 is 6.47 Å². The molecular formula is C7H6O2. The van der Waals surface area contributed by atoms with Gasteiger partial charge in [-0.1, -0.05) is 5.92 Å². The van der Waals surface area contributed by atoms with Crippen molar-refractivity contribution in [3.8, 4) is 23.7 Å². The lowest BCUT2D eigenvalue weighted by Crippen LogP contribution is -1.85. The Kier molecular flexibility index (Phi) is 5.56. The summed E-state index contributed by atoms with van der Waals surface area (Å²) >= 11 is 0. The monoisotopic (exact) mass is 122 g/mol. The lowest BCUT2D eigenvalue weighted by Gasteiger charge is -1.80. The van der Waals surface area contributed by atoms with Gasteiger partial charge in [0.05, 0.1) is 0 Å². The van der Waals surface area contributed by atoms with E-state index in [0.29, 0.717) is 6.47 Å². The molecule has 0 saturated carbocycles. The molecule has 0 unspecified atom stereocenters. The molecule has 0 rings (SSSR count). The summed E-state index contributed by atoms with van der Waals surface area (Å²) in [5.41, 5.74) is 0. The van der Waals surface area contributed by atoms with Gasteiger partial charge in [-0.3, -0.25) is 4.79 Å². The van der Waals surface area contributed by atoms with Gasteiger partial charge in [-0.2, -0.15) is 0 Å². The highest BCUT2D eigenvalue weighted by atomic mass is 16.5. The highest BCUT2D eigenvalue weighted by Gasteiger charge is 1.68. The Hall–Kier alpha value is -1.41. The standard InChI is InChI=1S/C7H6O2/c1-2-3-4-5-6-9-7-8/h7H,6H2,1H3. The van der Waals surface area contributed by atoms with Gasteiger partial charge in [0, 0.05) is 0 Å². The molecule has 0 aromatic carbocycles. The molecule has 0 aliphatic heterocycles. The molecule has 0 aromatic heterocycles. The highest BCUT2D eigenvalue weighted by molar-refractivity contribution is 5.38. The van der Waals surface area contributed by atoms with Gasteiger partial charge in [0.15, 0.2) is 6.61 Å². The number of carbonyl (C=O) groups excluding carboxylic acids is 1. The number of carbonyl (C=O) groups is 1. The van der Waals surface area contributed by atoms with Crippen LogP contribution in [0.2, 0.25) is 0 Å². The molecule has 0 saturated heterocycles. The van der Waals surface area contributed by atoms with Gasteiger partial charge in [0.2, 0.25) is 0 Å². The summed E-state index contributed by atoms with van der Waals surface area (Å²) in [6, 6.07) is 0. The van der Waals surface area contributed by atoms with Crippen LogP contribution in [0, 0.1) is 23.7 Å². The molecular weight excluding hydrogens is 116 g/mol. The molecule has 0 aromatic rings. The van der Waals surface area contributed by atoms with Gasteiger partial charge in [0.1, 0.15) is 0 Å². The number of ether oxygens (including phenoxy) is 1. The van der Waals surface area contributed by atoms with Gasteiger partial charge < -0.3 is 4.74 Å². The van der Waals surface area contributed by atoms with Crippen molar-refractivity contribution in [2.75, 3.05) is 6.61 Å². The molecule has 0 amide bonds. The summed E-state index contributed by atoms with van der Waals surface area (Å²) in [5.74, 6) is 10.1. The predicted octanol–water partition coefficient (Wildman–Crippen LogP) is 0.186. The molecule has 0 N–H and O–H groups in total. The van der Waals surface area contributed by atoms with Crippen LogP contribution in [0.1, 0.15) is 6.92 Å². The van der Waals surface area contributed by atoms with Gasteiger partial charge >= 0.3 is 0 Å². The second-order valence-electron chi connectivity index (χ2n) is 1.08. The Labute approximate surface area is 54.2 Å². The summed E-state index contributed by atoms with van der Waals surface area (Å²) in [7, 11) is 0. The maximum absolute atomic E-state index is 9.51. The van der Waals surface area contributed by atoms with Gasteiger partial charge in [-0.25, -0.2) is 0 Å². The van der Waals surface area contributed by atoms with E-state index in [-0.39, 0.29) is 6.61 Å². The van der Waals surface area contributed by atoms with Gasteiger partial charge in [0.25, 0.3) is 6.47 Å². The zero-order valence-corrected chi connectivity index (χ0v) is 5.10. The summed E-state index contributed by atoms with van der Waals surface area (Å²) < 4.78 is 4.26. The Morgan fingerprint density at radius 1 is 1.56 bits per heavy atom. The second-order valence-corrected chi connectivity index (χ2v) is 1.08. The smallest absolute Gasteiger partial charge is 0.294 e. The zero-order chi connectivity index (χ0) is 6.95. The molecule has 9 heavy (non-hydrogen) atoms. The van der Waals surface area contributed by atoms with E-state index in [1.54, 1.807) is 6.92 Å². The molecule has 0 radical (unpaired) electrons. The van der Waals surface area contributed by atoms with Crippen LogP contribution in [0.15, 0.2) is 0 Å². The maximum atomic E-state index is 9.51. The third kappa shape index (κ3) is 6.59. The first-order valence-corrected chi connectivity index (χ1v) is 2.36. The molecule has 0 aliphatic carbocycles. The van der Waals surface area contributed by atoms with Gasteiger partial charge in [-0.05, 0) is 24.7 Å². The fraction of sp³-hybridized carbons (Fsp3) is 0.286. The van der Waals surface area contributed by atoms with E-state index in [1.807, 2.05) is 0 Å². The van der Waals surface area contributed by atoms with E-state index < -0.39 is 0 Å². The number of hydrogen-bond donors (Lipinski definition) is 0. The second kappa shape index (κ2) is 6.59. The molecule has 0 spiro atoms. The molecule has 0 fully saturated rings. The van der Waals surface area contributed by atoms with Crippen molar-refractivity contribution in [3.63, 3.8) is 0 Å². The molecule has 0 heterocycles. The first-order valence-electron chi connectivity index (χ1n) is 2.36. The summed E-state index contributed by atoms with van der Waals surface area (Å²) in [6.07, 6.45) is 0. The topological polar surface area (TPSA) is 26.3 Å². The largest absolute Gasteiger partial charge is 0.455 e. The van der Waals surface area contributed by atoms with Crippen LogP contribution >= 0.6 is 0 Å². The van der Waals surface area contributed by atoms with E-state index >= 15 is 0 Å². The SMILES string of the molecule is CC#CC#CCOC=O. The minimum Gasteiger partial charge on any atom is -0.455 e. The van der Waals surface area contributed by atoms with Crippen molar-refractivity contribution < 1.29 is 9.53 Å². The van der Waals surface area contributed by atoms with E-state index in [4.69, 9.17) is 0 Å². The first-order chi connectivity index (χ1) is 4.41. The fourth-order valence-electron chi connectivity index (χ4n) is 0.218. The molecule has 0 bridgehead atoms. The van der Waals surface area contributed by atoms with Crippen molar-refractivity contribution in [2.24, 2.45) is 0 Å². The molecule has 2 nitrogen and oxygen atoms in total.